The van der Waals surface area contributed by atoms with Crippen LogP contribution in [0.3, 0.4) is 0 Å². The monoisotopic (exact) mass is 408 g/mol. The highest BCUT2D eigenvalue weighted by Crippen LogP contribution is 2.27. The van der Waals surface area contributed by atoms with Crippen molar-refractivity contribution in [1.29, 1.82) is 0 Å². The van der Waals surface area contributed by atoms with Gasteiger partial charge in [-0.15, -0.1) is 0 Å². The first-order valence-corrected chi connectivity index (χ1v) is 8.60. The summed E-state index contributed by atoms with van der Waals surface area (Å²) >= 11 is 3.45. The third-order valence-corrected chi connectivity index (χ3v) is 4.22. The molecule has 2 heterocycles. The predicted molar refractivity (Wildman–Crippen MR) is 104 cm³/mol. The molecule has 128 valence electrons. The molecule has 0 aliphatic carbocycles. The summed E-state index contributed by atoms with van der Waals surface area (Å²) in [6.07, 6.45) is 2.97. The Morgan fingerprint density at radius 1 is 1.00 bits per heavy atom. The molecule has 2 aromatic heterocycles. The smallest absolute Gasteiger partial charge is 0.291 e. The summed E-state index contributed by atoms with van der Waals surface area (Å²) in [4.78, 5) is 20.8. The highest BCUT2D eigenvalue weighted by Gasteiger charge is 2.11. The molecule has 6 nitrogen and oxygen atoms in total. The van der Waals surface area contributed by atoms with E-state index in [1.54, 1.807) is 18.2 Å². The first kappa shape index (κ1) is 16.3. The van der Waals surface area contributed by atoms with Crippen LogP contribution in [0, 0.1) is 0 Å². The number of hydrogen-bond acceptors (Lipinski definition) is 5. The van der Waals surface area contributed by atoms with Gasteiger partial charge in [-0.1, -0.05) is 22.0 Å². The number of nitrogens with one attached hydrogen (secondary N) is 2. The minimum Gasteiger partial charge on any atom is -0.459 e. The van der Waals surface area contributed by atoms with E-state index in [0.29, 0.717) is 11.5 Å². The molecule has 0 saturated carbocycles. The first-order chi connectivity index (χ1) is 12.7. The molecule has 0 fully saturated rings. The van der Waals surface area contributed by atoms with Crippen LogP contribution < -0.4 is 10.6 Å². The zero-order valence-corrected chi connectivity index (χ0v) is 15.0. The van der Waals surface area contributed by atoms with Crippen LogP contribution in [0.25, 0.3) is 10.9 Å². The maximum absolute atomic E-state index is 12.2. The van der Waals surface area contributed by atoms with Gasteiger partial charge in [0.05, 0.1) is 11.8 Å². The second-order valence-electron chi connectivity index (χ2n) is 5.52. The zero-order chi connectivity index (χ0) is 17.9. The molecule has 0 unspecified atom stereocenters. The quantitative estimate of drug-likeness (QED) is 0.497. The average molecular weight is 409 g/mol. The standard InChI is InChI=1S/C19H13BrN4O2/c20-12-3-1-4-13(9-12)23-18-15-10-14(6-7-16(15)21-11-22-18)24-19(25)17-5-2-8-26-17/h1-11H,(H,24,25)(H,21,22,23). The molecule has 0 atom stereocenters. The fourth-order valence-corrected chi connectivity index (χ4v) is 2.94. The van der Waals surface area contributed by atoms with Crippen LogP contribution in [0.5, 0.6) is 0 Å². The Morgan fingerprint density at radius 3 is 2.73 bits per heavy atom. The number of furan rings is 1. The molecule has 7 heteroatoms. The van der Waals surface area contributed by atoms with Crippen LogP contribution >= 0.6 is 15.9 Å². The Kier molecular flexibility index (Phi) is 4.37. The summed E-state index contributed by atoms with van der Waals surface area (Å²) in [6, 6.07) is 16.5. The molecular weight excluding hydrogens is 396 g/mol. The largest absolute Gasteiger partial charge is 0.459 e. The lowest BCUT2D eigenvalue weighted by Gasteiger charge is -2.10. The molecule has 2 aromatic carbocycles. The van der Waals surface area contributed by atoms with E-state index >= 15 is 0 Å². The number of benzene rings is 2. The molecule has 1 amide bonds. The molecule has 0 saturated heterocycles. The van der Waals surface area contributed by atoms with E-state index in [-0.39, 0.29) is 11.7 Å². The molecule has 0 aliphatic rings. The second kappa shape index (κ2) is 6.97. The van der Waals surface area contributed by atoms with Crippen molar-refractivity contribution in [3.8, 4) is 0 Å². The van der Waals surface area contributed by atoms with E-state index in [9.17, 15) is 4.79 Å². The number of amides is 1. The number of anilines is 3. The number of fused-ring (bicyclic) bond motifs is 1. The fourth-order valence-electron chi connectivity index (χ4n) is 2.54. The average Bonchev–Trinajstić information content (AvgIpc) is 3.17. The van der Waals surface area contributed by atoms with Crippen LogP contribution in [0.4, 0.5) is 17.2 Å². The maximum Gasteiger partial charge on any atom is 0.291 e. The van der Waals surface area contributed by atoms with Gasteiger partial charge in [-0.05, 0) is 48.5 Å². The molecule has 4 aromatic rings. The number of nitrogens with zero attached hydrogens (tertiary/aromatic N) is 2. The molecule has 0 radical (unpaired) electrons. The second-order valence-corrected chi connectivity index (χ2v) is 6.44. The Bertz CT molecular complexity index is 1080. The SMILES string of the molecule is O=C(Nc1ccc2ncnc(Nc3cccc(Br)c3)c2c1)c1ccco1. The Balaban J connectivity index is 1.67. The molecule has 2 N–H and O–H groups in total. The predicted octanol–water partition coefficient (Wildman–Crippen LogP) is 4.98. The maximum atomic E-state index is 12.2. The number of carbonyl (C=O) groups is 1. The fraction of sp³-hybridized carbons (Fsp3) is 0. The summed E-state index contributed by atoms with van der Waals surface area (Å²) < 4.78 is 6.08. The van der Waals surface area contributed by atoms with Gasteiger partial charge < -0.3 is 15.1 Å². The summed E-state index contributed by atoms with van der Waals surface area (Å²) in [6.45, 7) is 0. The molecule has 0 bridgehead atoms. The van der Waals surface area contributed by atoms with E-state index < -0.39 is 0 Å². The molecule has 26 heavy (non-hydrogen) atoms. The van der Waals surface area contributed by atoms with Crippen molar-refractivity contribution >= 4 is 49.9 Å². The number of halogens is 1. The van der Waals surface area contributed by atoms with Crippen molar-refractivity contribution in [3.05, 3.63) is 77.4 Å². The van der Waals surface area contributed by atoms with Gasteiger partial charge in [-0.2, -0.15) is 0 Å². The van der Waals surface area contributed by atoms with Crippen molar-refractivity contribution in [2.45, 2.75) is 0 Å². The van der Waals surface area contributed by atoms with Gasteiger partial charge >= 0.3 is 0 Å². The lowest BCUT2D eigenvalue weighted by Crippen LogP contribution is -2.10. The van der Waals surface area contributed by atoms with Crippen molar-refractivity contribution < 1.29 is 9.21 Å². The Hall–Kier alpha value is -3.19. The normalized spacial score (nSPS) is 10.7. The van der Waals surface area contributed by atoms with Gasteiger partial charge in [0, 0.05) is 21.2 Å². The Morgan fingerprint density at radius 2 is 1.92 bits per heavy atom. The summed E-state index contributed by atoms with van der Waals surface area (Å²) in [5, 5.41) is 6.89. The zero-order valence-electron chi connectivity index (χ0n) is 13.4. The van der Waals surface area contributed by atoms with Crippen LogP contribution in [0.1, 0.15) is 10.6 Å². The van der Waals surface area contributed by atoms with E-state index in [4.69, 9.17) is 4.42 Å². The minimum absolute atomic E-state index is 0.252. The molecule has 4 rings (SSSR count). The van der Waals surface area contributed by atoms with E-state index in [1.807, 2.05) is 36.4 Å². The summed E-state index contributed by atoms with van der Waals surface area (Å²) in [5.74, 6) is 0.594. The van der Waals surface area contributed by atoms with Gasteiger partial charge in [-0.25, -0.2) is 9.97 Å². The van der Waals surface area contributed by atoms with Crippen LogP contribution in [-0.2, 0) is 0 Å². The number of hydrogen-bond donors (Lipinski definition) is 2. The van der Waals surface area contributed by atoms with Crippen LogP contribution in [0.2, 0.25) is 0 Å². The number of rotatable bonds is 4. The van der Waals surface area contributed by atoms with Gasteiger partial charge in [0.2, 0.25) is 0 Å². The van der Waals surface area contributed by atoms with E-state index in [0.717, 1.165) is 21.1 Å². The lowest BCUT2D eigenvalue weighted by atomic mass is 10.2. The van der Waals surface area contributed by atoms with Crippen LogP contribution in [0.15, 0.2) is 76.1 Å². The number of aromatic nitrogens is 2. The summed E-state index contributed by atoms with van der Waals surface area (Å²) in [5.41, 5.74) is 2.30. The number of carbonyl (C=O) groups excluding carboxylic acids is 1. The van der Waals surface area contributed by atoms with Gasteiger partial charge in [0.15, 0.2) is 5.76 Å². The third kappa shape index (κ3) is 3.43. The molecule has 0 aliphatic heterocycles. The van der Waals surface area contributed by atoms with Crippen molar-refractivity contribution in [1.82, 2.24) is 9.97 Å². The van der Waals surface area contributed by atoms with E-state index in [1.165, 1.54) is 12.6 Å². The van der Waals surface area contributed by atoms with Gasteiger partial charge in [0.25, 0.3) is 5.91 Å². The van der Waals surface area contributed by atoms with Crippen molar-refractivity contribution in [3.63, 3.8) is 0 Å². The topological polar surface area (TPSA) is 80.0 Å². The minimum atomic E-state index is -0.312. The molecule has 0 spiro atoms. The summed E-state index contributed by atoms with van der Waals surface area (Å²) in [7, 11) is 0. The highest BCUT2D eigenvalue weighted by molar-refractivity contribution is 9.10. The third-order valence-electron chi connectivity index (χ3n) is 3.73. The first-order valence-electron chi connectivity index (χ1n) is 7.81. The Labute approximate surface area is 157 Å². The van der Waals surface area contributed by atoms with Crippen LogP contribution in [-0.4, -0.2) is 15.9 Å². The highest BCUT2D eigenvalue weighted by atomic mass is 79.9. The van der Waals surface area contributed by atoms with Crippen molar-refractivity contribution in [2.75, 3.05) is 10.6 Å². The van der Waals surface area contributed by atoms with Gasteiger partial charge in [-0.3, -0.25) is 4.79 Å². The molecular formula is C19H13BrN4O2. The van der Waals surface area contributed by atoms with Crippen molar-refractivity contribution in [2.24, 2.45) is 0 Å². The van der Waals surface area contributed by atoms with Gasteiger partial charge in [0.1, 0.15) is 12.1 Å². The van der Waals surface area contributed by atoms with E-state index in [2.05, 4.69) is 36.5 Å². The lowest BCUT2D eigenvalue weighted by molar-refractivity contribution is 0.0996.